The minimum Gasteiger partial charge on any atom is -0.395 e. The summed E-state index contributed by atoms with van der Waals surface area (Å²) in [5.74, 6) is 0.846. The lowest BCUT2D eigenvalue weighted by atomic mass is 9.91. The van der Waals surface area contributed by atoms with Gasteiger partial charge in [-0.25, -0.2) is 4.98 Å². The first-order valence-electron chi connectivity index (χ1n) is 9.01. The first-order chi connectivity index (χ1) is 12.3. The van der Waals surface area contributed by atoms with E-state index in [0.717, 1.165) is 37.3 Å². The van der Waals surface area contributed by atoms with Crippen LogP contribution >= 0.6 is 0 Å². The van der Waals surface area contributed by atoms with Crippen molar-refractivity contribution >= 4 is 17.4 Å². The second-order valence-corrected chi connectivity index (χ2v) is 6.74. The molecule has 0 atom stereocenters. The van der Waals surface area contributed by atoms with Gasteiger partial charge in [0.25, 0.3) is 5.91 Å². The zero-order chi connectivity index (χ0) is 17.2. The summed E-state index contributed by atoms with van der Waals surface area (Å²) >= 11 is 0. The first kappa shape index (κ1) is 16.1. The SMILES string of the molecule is O=C(c1ccc(N(CCO)C2CCC2)nc1)N1CCc2ccccc21. The van der Waals surface area contributed by atoms with Gasteiger partial charge in [0.05, 0.1) is 12.2 Å². The van der Waals surface area contributed by atoms with Gasteiger partial charge in [0.15, 0.2) is 0 Å². The maximum Gasteiger partial charge on any atom is 0.259 e. The normalized spacial score (nSPS) is 16.4. The van der Waals surface area contributed by atoms with Crippen LogP contribution in [-0.4, -0.2) is 41.7 Å². The smallest absolute Gasteiger partial charge is 0.259 e. The number of carbonyl (C=O) groups is 1. The van der Waals surface area contributed by atoms with Gasteiger partial charge in [0.1, 0.15) is 5.82 Å². The molecule has 5 heteroatoms. The van der Waals surface area contributed by atoms with Gasteiger partial charge in [0.2, 0.25) is 0 Å². The van der Waals surface area contributed by atoms with E-state index in [2.05, 4.69) is 16.0 Å². The van der Waals surface area contributed by atoms with E-state index in [4.69, 9.17) is 0 Å². The zero-order valence-electron chi connectivity index (χ0n) is 14.3. The monoisotopic (exact) mass is 337 g/mol. The van der Waals surface area contributed by atoms with Crippen molar-refractivity contribution in [2.24, 2.45) is 0 Å². The van der Waals surface area contributed by atoms with E-state index in [0.29, 0.717) is 18.2 Å². The molecular formula is C20H23N3O2. The lowest BCUT2D eigenvalue weighted by Gasteiger charge is -2.38. The van der Waals surface area contributed by atoms with Gasteiger partial charge in [-0.1, -0.05) is 18.2 Å². The number of hydrogen-bond acceptors (Lipinski definition) is 4. The van der Waals surface area contributed by atoms with Crippen LogP contribution in [0.25, 0.3) is 0 Å². The molecule has 130 valence electrons. The fraction of sp³-hybridized carbons (Fsp3) is 0.400. The number of aromatic nitrogens is 1. The van der Waals surface area contributed by atoms with Crippen molar-refractivity contribution in [3.63, 3.8) is 0 Å². The largest absolute Gasteiger partial charge is 0.395 e. The maximum atomic E-state index is 12.9. The summed E-state index contributed by atoms with van der Waals surface area (Å²) in [6.07, 6.45) is 6.10. The molecule has 25 heavy (non-hydrogen) atoms. The van der Waals surface area contributed by atoms with Crippen molar-refractivity contribution in [3.8, 4) is 0 Å². The van der Waals surface area contributed by atoms with E-state index in [1.165, 1.54) is 12.0 Å². The summed E-state index contributed by atoms with van der Waals surface area (Å²) in [6, 6.07) is 12.3. The Morgan fingerprint density at radius 3 is 2.76 bits per heavy atom. The Hall–Kier alpha value is -2.40. The molecule has 1 N–H and O–H groups in total. The molecule has 1 aliphatic carbocycles. The highest BCUT2D eigenvalue weighted by atomic mass is 16.3. The third kappa shape index (κ3) is 3.00. The molecule has 1 aliphatic heterocycles. The molecule has 2 aromatic rings. The van der Waals surface area contributed by atoms with E-state index in [9.17, 15) is 9.90 Å². The molecule has 1 fully saturated rings. The number of fused-ring (bicyclic) bond motifs is 1. The average Bonchev–Trinajstić information content (AvgIpc) is 3.03. The standard InChI is InChI=1S/C20H23N3O2/c24-13-12-22(17-5-3-6-17)19-9-8-16(14-21-19)20(25)23-11-10-15-4-1-2-7-18(15)23/h1-2,4,7-9,14,17,24H,3,5-6,10-13H2. The van der Waals surface area contributed by atoms with Crippen molar-refractivity contribution in [3.05, 3.63) is 53.7 Å². The number of hydrogen-bond donors (Lipinski definition) is 1. The lowest BCUT2D eigenvalue weighted by Crippen LogP contribution is -2.42. The predicted molar refractivity (Wildman–Crippen MR) is 98.1 cm³/mol. The van der Waals surface area contributed by atoms with Crippen molar-refractivity contribution < 1.29 is 9.90 Å². The van der Waals surface area contributed by atoms with Crippen LogP contribution in [0, 0.1) is 0 Å². The summed E-state index contributed by atoms with van der Waals surface area (Å²) in [7, 11) is 0. The summed E-state index contributed by atoms with van der Waals surface area (Å²) in [5, 5.41) is 9.32. The topological polar surface area (TPSA) is 56.7 Å². The van der Waals surface area contributed by atoms with Gasteiger partial charge < -0.3 is 14.9 Å². The average molecular weight is 337 g/mol. The highest BCUT2D eigenvalue weighted by Gasteiger charge is 2.27. The number of aliphatic hydroxyl groups excluding tert-OH is 1. The molecule has 0 unspecified atom stereocenters. The summed E-state index contributed by atoms with van der Waals surface area (Å²) < 4.78 is 0. The molecule has 5 nitrogen and oxygen atoms in total. The molecule has 1 aromatic heterocycles. The van der Waals surface area contributed by atoms with Gasteiger partial charge in [-0.2, -0.15) is 0 Å². The predicted octanol–water partition coefficient (Wildman–Crippen LogP) is 2.64. The molecule has 0 radical (unpaired) electrons. The minimum absolute atomic E-state index is 0.00125. The third-order valence-corrected chi connectivity index (χ3v) is 5.28. The van der Waals surface area contributed by atoms with Crippen LogP contribution in [0.2, 0.25) is 0 Å². The number of amides is 1. The van der Waals surface area contributed by atoms with E-state index >= 15 is 0 Å². The van der Waals surface area contributed by atoms with Gasteiger partial charge in [0, 0.05) is 31.0 Å². The van der Waals surface area contributed by atoms with Crippen LogP contribution in [0.4, 0.5) is 11.5 Å². The Balaban J connectivity index is 1.53. The lowest BCUT2D eigenvalue weighted by molar-refractivity contribution is 0.0989. The molecule has 1 amide bonds. The number of benzene rings is 1. The van der Waals surface area contributed by atoms with Gasteiger partial charge in [-0.15, -0.1) is 0 Å². The van der Waals surface area contributed by atoms with Crippen molar-refractivity contribution in [2.45, 2.75) is 31.7 Å². The van der Waals surface area contributed by atoms with E-state index < -0.39 is 0 Å². The molecule has 2 heterocycles. The van der Waals surface area contributed by atoms with Crippen molar-refractivity contribution in [1.29, 1.82) is 0 Å². The Labute approximate surface area is 147 Å². The van der Waals surface area contributed by atoms with Crippen LogP contribution in [0.1, 0.15) is 35.2 Å². The van der Waals surface area contributed by atoms with Crippen LogP contribution in [-0.2, 0) is 6.42 Å². The van der Waals surface area contributed by atoms with Gasteiger partial charge in [-0.05, 0) is 49.4 Å². The zero-order valence-corrected chi connectivity index (χ0v) is 14.3. The third-order valence-electron chi connectivity index (χ3n) is 5.28. The molecule has 0 spiro atoms. The Morgan fingerprint density at radius 2 is 2.08 bits per heavy atom. The van der Waals surface area contributed by atoms with Crippen LogP contribution in [0.3, 0.4) is 0 Å². The Morgan fingerprint density at radius 1 is 1.24 bits per heavy atom. The van der Waals surface area contributed by atoms with Crippen molar-refractivity contribution in [1.82, 2.24) is 4.98 Å². The van der Waals surface area contributed by atoms with Crippen LogP contribution in [0.15, 0.2) is 42.6 Å². The number of nitrogens with zero attached hydrogens (tertiary/aromatic N) is 3. The van der Waals surface area contributed by atoms with Gasteiger partial charge >= 0.3 is 0 Å². The quantitative estimate of drug-likeness (QED) is 0.911. The Kier molecular flexibility index (Phi) is 4.40. The fourth-order valence-electron chi connectivity index (χ4n) is 3.68. The minimum atomic E-state index is 0.00125. The fourth-order valence-corrected chi connectivity index (χ4v) is 3.68. The molecule has 0 bridgehead atoms. The first-order valence-corrected chi connectivity index (χ1v) is 9.01. The number of aliphatic hydroxyl groups is 1. The summed E-state index contributed by atoms with van der Waals surface area (Å²) in [4.78, 5) is 21.4. The van der Waals surface area contributed by atoms with E-state index in [-0.39, 0.29) is 12.5 Å². The molecule has 1 saturated carbocycles. The number of rotatable bonds is 5. The summed E-state index contributed by atoms with van der Waals surface area (Å²) in [6.45, 7) is 1.42. The molecule has 1 aromatic carbocycles. The van der Waals surface area contributed by atoms with E-state index in [1.54, 1.807) is 6.20 Å². The number of carbonyl (C=O) groups excluding carboxylic acids is 1. The summed E-state index contributed by atoms with van der Waals surface area (Å²) in [5.41, 5.74) is 2.84. The van der Waals surface area contributed by atoms with Crippen molar-refractivity contribution in [2.75, 3.05) is 29.5 Å². The second-order valence-electron chi connectivity index (χ2n) is 6.74. The van der Waals surface area contributed by atoms with Crippen LogP contribution in [0.5, 0.6) is 0 Å². The number of anilines is 2. The van der Waals surface area contributed by atoms with E-state index in [1.807, 2.05) is 35.2 Å². The van der Waals surface area contributed by atoms with Gasteiger partial charge in [-0.3, -0.25) is 4.79 Å². The number of para-hydroxylation sites is 1. The molecule has 0 saturated heterocycles. The Bertz CT molecular complexity index is 756. The number of pyridine rings is 1. The highest BCUT2D eigenvalue weighted by Crippen LogP contribution is 2.30. The molecule has 4 rings (SSSR count). The highest BCUT2D eigenvalue weighted by molar-refractivity contribution is 6.07. The maximum absolute atomic E-state index is 12.9. The van der Waals surface area contributed by atoms with Crippen LogP contribution < -0.4 is 9.80 Å². The molecular weight excluding hydrogens is 314 g/mol. The molecule has 2 aliphatic rings. The second kappa shape index (κ2) is 6.84.